The Hall–Kier alpha value is -2.53. The van der Waals surface area contributed by atoms with Crippen molar-refractivity contribution in [3.8, 4) is 0 Å². The standard InChI is InChI=1S/C18H18ClN3O2/c1-11-9-12(7-8-13(11)19)15(10-17(23)20-2)22-18-21-14-5-3-4-6-16(14)24-18/h3-9,15H,10H2,1-2H3,(H,20,23)(H,21,22). The maximum absolute atomic E-state index is 11.9. The van der Waals surface area contributed by atoms with E-state index in [1.807, 2.05) is 49.4 Å². The van der Waals surface area contributed by atoms with Crippen molar-refractivity contribution in [1.82, 2.24) is 10.3 Å². The second-order valence-electron chi connectivity index (χ2n) is 5.57. The molecule has 0 radical (unpaired) electrons. The number of aromatic nitrogens is 1. The fourth-order valence-corrected chi connectivity index (χ4v) is 2.62. The predicted octanol–water partition coefficient (Wildman–Crippen LogP) is 4.08. The van der Waals surface area contributed by atoms with Gasteiger partial charge in [-0.15, -0.1) is 0 Å². The molecule has 0 bridgehead atoms. The quantitative estimate of drug-likeness (QED) is 0.732. The highest BCUT2D eigenvalue weighted by molar-refractivity contribution is 6.31. The summed E-state index contributed by atoms with van der Waals surface area (Å²) in [5.41, 5.74) is 3.37. The number of anilines is 1. The lowest BCUT2D eigenvalue weighted by Gasteiger charge is -2.18. The number of nitrogens with one attached hydrogen (secondary N) is 2. The van der Waals surface area contributed by atoms with Crippen LogP contribution in [0.2, 0.25) is 5.02 Å². The molecule has 1 amide bonds. The topological polar surface area (TPSA) is 67.2 Å². The number of benzene rings is 2. The molecule has 6 heteroatoms. The monoisotopic (exact) mass is 343 g/mol. The number of amides is 1. The maximum atomic E-state index is 11.9. The lowest BCUT2D eigenvalue weighted by atomic mass is 10.0. The Morgan fingerprint density at radius 2 is 2.08 bits per heavy atom. The Morgan fingerprint density at radius 1 is 1.29 bits per heavy atom. The van der Waals surface area contributed by atoms with Gasteiger partial charge in [-0.2, -0.15) is 4.98 Å². The molecule has 0 aliphatic rings. The van der Waals surface area contributed by atoms with Crippen LogP contribution in [0.15, 0.2) is 46.9 Å². The zero-order chi connectivity index (χ0) is 17.1. The number of aryl methyl sites for hydroxylation is 1. The van der Waals surface area contributed by atoms with Crippen molar-refractivity contribution < 1.29 is 9.21 Å². The van der Waals surface area contributed by atoms with Gasteiger partial charge in [-0.1, -0.05) is 35.9 Å². The molecule has 5 nitrogen and oxygen atoms in total. The minimum atomic E-state index is -0.269. The molecule has 0 spiro atoms. The highest BCUT2D eigenvalue weighted by Gasteiger charge is 2.18. The minimum Gasteiger partial charge on any atom is -0.424 e. The number of hydrogen-bond acceptors (Lipinski definition) is 4. The fraction of sp³-hybridized carbons (Fsp3) is 0.222. The average Bonchev–Trinajstić information content (AvgIpc) is 2.99. The van der Waals surface area contributed by atoms with Crippen molar-refractivity contribution in [2.75, 3.05) is 12.4 Å². The van der Waals surface area contributed by atoms with Crippen LogP contribution in [0.3, 0.4) is 0 Å². The molecule has 3 rings (SSSR count). The Balaban J connectivity index is 1.91. The summed E-state index contributed by atoms with van der Waals surface area (Å²) in [5.74, 6) is -0.0729. The SMILES string of the molecule is CNC(=O)CC(Nc1nc2ccccc2o1)c1ccc(Cl)c(C)c1. The van der Waals surface area contributed by atoms with Crippen molar-refractivity contribution in [2.45, 2.75) is 19.4 Å². The largest absolute Gasteiger partial charge is 0.424 e. The molecular formula is C18H18ClN3O2. The van der Waals surface area contributed by atoms with Gasteiger partial charge < -0.3 is 15.1 Å². The second kappa shape index (κ2) is 6.93. The number of para-hydroxylation sites is 2. The predicted molar refractivity (Wildman–Crippen MR) is 95.2 cm³/mol. The first-order valence-corrected chi connectivity index (χ1v) is 8.03. The number of carbonyl (C=O) groups is 1. The van der Waals surface area contributed by atoms with Crippen molar-refractivity contribution in [2.24, 2.45) is 0 Å². The second-order valence-corrected chi connectivity index (χ2v) is 5.98. The van der Waals surface area contributed by atoms with Crippen LogP contribution in [-0.2, 0) is 4.79 Å². The van der Waals surface area contributed by atoms with Crippen LogP contribution in [0.5, 0.6) is 0 Å². The molecule has 1 unspecified atom stereocenters. The van der Waals surface area contributed by atoms with Gasteiger partial charge in [-0.05, 0) is 36.2 Å². The van der Waals surface area contributed by atoms with Gasteiger partial charge in [0.05, 0.1) is 12.5 Å². The molecule has 2 N–H and O–H groups in total. The Kier molecular flexibility index (Phi) is 4.71. The van der Waals surface area contributed by atoms with Gasteiger partial charge in [-0.25, -0.2) is 0 Å². The van der Waals surface area contributed by atoms with Gasteiger partial charge in [0.2, 0.25) is 5.91 Å². The average molecular weight is 344 g/mol. The zero-order valence-corrected chi connectivity index (χ0v) is 14.2. The molecule has 0 saturated carbocycles. The van der Waals surface area contributed by atoms with Gasteiger partial charge in [0.15, 0.2) is 5.58 Å². The number of halogens is 1. The lowest BCUT2D eigenvalue weighted by molar-refractivity contribution is -0.120. The fourth-order valence-electron chi connectivity index (χ4n) is 2.51. The van der Waals surface area contributed by atoms with Crippen LogP contribution in [0.25, 0.3) is 11.1 Å². The molecule has 0 aliphatic heterocycles. The van der Waals surface area contributed by atoms with Gasteiger partial charge in [0, 0.05) is 12.1 Å². The third kappa shape index (κ3) is 3.51. The van der Waals surface area contributed by atoms with Gasteiger partial charge in [0.1, 0.15) is 5.52 Å². The molecule has 0 saturated heterocycles. The van der Waals surface area contributed by atoms with E-state index < -0.39 is 0 Å². The first-order chi connectivity index (χ1) is 11.6. The number of oxazole rings is 1. The maximum Gasteiger partial charge on any atom is 0.296 e. The van der Waals surface area contributed by atoms with E-state index in [0.29, 0.717) is 16.6 Å². The van der Waals surface area contributed by atoms with Gasteiger partial charge in [-0.3, -0.25) is 4.79 Å². The molecule has 0 fully saturated rings. The molecule has 1 aromatic heterocycles. The van der Waals surface area contributed by atoms with Gasteiger partial charge in [0.25, 0.3) is 6.01 Å². The van der Waals surface area contributed by atoms with Crippen LogP contribution in [0.1, 0.15) is 23.6 Å². The van der Waals surface area contributed by atoms with E-state index in [-0.39, 0.29) is 18.4 Å². The third-order valence-electron chi connectivity index (χ3n) is 3.84. The highest BCUT2D eigenvalue weighted by atomic mass is 35.5. The number of rotatable bonds is 5. The van der Waals surface area contributed by atoms with Crippen molar-refractivity contribution in [1.29, 1.82) is 0 Å². The number of nitrogens with zero attached hydrogens (tertiary/aromatic N) is 1. The van der Waals surface area contributed by atoms with Crippen molar-refractivity contribution in [3.63, 3.8) is 0 Å². The molecule has 2 aromatic carbocycles. The van der Waals surface area contributed by atoms with Crippen LogP contribution in [0.4, 0.5) is 6.01 Å². The van der Waals surface area contributed by atoms with E-state index in [0.717, 1.165) is 16.6 Å². The Labute approximate surface area is 145 Å². The van der Waals surface area contributed by atoms with Gasteiger partial charge >= 0.3 is 0 Å². The number of fused-ring (bicyclic) bond motifs is 1. The van der Waals surface area contributed by atoms with Crippen LogP contribution in [-0.4, -0.2) is 17.9 Å². The zero-order valence-electron chi connectivity index (χ0n) is 13.5. The molecule has 3 aromatic rings. The highest BCUT2D eigenvalue weighted by Crippen LogP contribution is 2.27. The summed E-state index contributed by atoms with van der Waals surface area (Å²) in [6.45, 7) is 1.93. The summed E-state index contributed by atoms with van der Waals surface area (Å²) in [7, 11) is 1.62. The first-order valence-electron chi connectivity index (χ1n) is 7.65. The van der Waals surface area contributed by atoms with Crippen molar-refractivity contribution in [3.05, 3.63) is 58.6 Å². The number of carbonyl (C=O) groups excluding carboxylic acids is 1. The van der Waals surface area contributed by atoms with E-state index in [2.05, 4.69) is 15.6 Å². The summed E-state index contributed by atoms with van der Waals surface area (Å²) < 4.78 is 5.71. The normalized spacial score (nSPS) is 12.1. The van der Waals surface area contributed by atoms with E-state index in [1.165, 1.54) is 0 Å². The molecule has 1 heterocycles. The van der Waals surface area contributed by atoms with Crippen LogP contribution >= 0.6 is 11.6 Å². The summed E-state index contributed by atoms with van der Waals surface area (Å²) in [6, 6.07) is 13.3. The molecule has 124 valence electrons. The summed E-state index contributed by atoms with van der Waals surface area (Å²) in [5, 5.41) is 6.56. The van der Waals surface area contributed by atoms with E-state index in [4.69, 9.17) is 16.0 Å². The van der Waals surface area contributed by atoms with E-state index in [1.54, 1.807) is 7.05 Å². The number of hydrogen-bond donors (Lipinski definition) is 2. The molecular weight excluding hydrogens is 326 g/mol. The van der Waals surface area contributed by atoms with Crippen molar-refractivity contribution >= 4 is 34.6 Å². The Bertz CT molecular complexity index is 843. The van der Waals surface area contributed by atoms with Crippen LogP contribution in [0, 0.1) is 6.92 Å². The molecule has 1 atom stereocenters. The third-order valence-corrected chi connectivity index (χ3v) is 4.27. The lowest BCUT2D eigenvalue weighted by Crippen LogP contribution is -2.24. The summed E-state index contributed by atoms with van der Waals surface area (Å²) >= 11 is 6.10. The first kappa shape index (κ1) is 16.3. The summed E-state index contributed by atoms with van der Waals surface area (Å²) in [6.07, 6.45) is 0.260. The summed E-state index contributed by atoms with van der Waals surface area (Å²) in [4.78, 5) is 16.3. The van der Waals surface area contributed by atoms with E-state index >= 15 is 0 Å². The molecule has 0 aliphatic carbocycles. The Morgan fingerprint density at radius 3 is 2.79 bits per heavy atom. The van der Waals surface area contributed by atoms with Crippen LogP contribution < -0.4 is 10.6 Å². The van der Waals surface area contributed by atoms with E-state index in [9.17, 15) is 4.79 Å². The molecule has 24 heavy (non-hydrogen) atoms. The minimum absolute atomic E-state index is 0.0729. The smallest absolute Gasteiger partial charge is 0.296 e.